The highest BCUT2D eigenvalue weighted by Gasteiger charge is 2.35. The average molecular weight is 557 g/mol. The molecule has 2 N–H and O–H groups in total. The van der Waals surface area contributed by atoms with Gasteiger partial charge in [0.1, 0.15) is 5.75 Å². The van der Waals surface area contributed by atoms with Crippen molar-refractivity contribution < 1.29 is 14.6 Å². The number of para-hydroxylation sites is 1. The number of rotatable bonds is 13. The van der Waals surface area contributed by atoms with Crippen molar-refractivity contribution in [2.45, 2.75) is 91.2 Å². The first-order chi connectivity index (χ1) is 19.9. The molecule has 4 rings (SSSR count). The second kappa shape index (κ2) is 14.7. The second-order valence-electron chi connectivity index (χ2n) is 11.4. The molecule has 0 aliphatic carbocycles. The van der Waals surface area contributed by atoms with Gasteiger partial charge in [0.25, 0.3) is 0 Å². The number of aliphatic hydroxyl groups excluding tert-OH is 1. The third-order valence-corrected chi connectivity index (χ3v) is 8.41. The van der Waals surface area contributed by atoms with Gasteiger partial charge in [-0.2, -0.15) is 0 Å². The van der Waals surface area contributed by atoms with E-state index in [4.69, 9.17) is 4.74 Å². The van der Waals surface area contributed by atoms with Gasteiger partial charge in [-0.3, -0.25) is 9.69 Å². The van der Waals surface area contributed by atoms with Crippen LogP contribution in [0.1, 0.15) is 105 Å². The molecule has 1 heterocycles. The zero-order chi connectivity index (χ0) is 29.4. The number of aryl methyl sites for hydroxylation is 3. The summed E-state index contributed by atoms with van der Waals surface area (Å²) in [5, 5.41) is 13.8. The third kappa shape index (κ3) is 7.58. The fourth-order valence-corrected chi connectivity index (χ4v) is 6.11. The van der Waals surface area contributed by atoms with Gasteiger partial charge in [-0.1, -0.05) is 88.7 Å². The fraction of sp³-hybridized carbons (Fsp3) is 0.472. The van der Waals surface area contributed by atoms with E-state index in [0.717, 1.165) is 74.2 Å². The third-order valence-electron chi connectivity index (χ3n) is 8.41. The molecule has 0 spiro atoms. The summed E-state index contributed by atoms with van der Waals surface area (Å²) in [6.45, 7) is 12.4. The number of carbonyl (C=O) groups excluding carboxylic acids is 1. The molecule has 1 saturated heterocycles. The van der Waals surface area contributed by atoms with Gasteiger partial charge < -0.3 is 15.2 Å². The first kappa shape index (κ1) is 30.8. The van der Waals surface area contributed by atoms with Gasteiger partial charge in [-0.05, 0) is 84.4 Å². The summed E-state index contributed by atoms with van der Waals surface area (Å²) in [5.41, 5.74) is 7.92. The van der Waals surface area contributed by atoms with Crippen molar-refractivity contribution in [2.75, 3.05) is 25.0 Å². The van der Waals surface area contributed by atoms with Gasteiger partial charge >= 0.3 is 0 Å². The van der Waals surface area contributed by atoms with Crippen molar-refractivity contribution in [1.82, 2.24) is 4.90 Å². The van der Waals surface area contributed by atoms with Crippen LogP contribution in [0.15, 0.2) is 60.7 Å². The molecule has 0 radical (unpaired) electrons. The van der Waals surface area contributed by atoms with Crippen molar-refractivity contribution in [3.05, 3.63) is 94.0 Å². The second-order valence-corrected chi connectivity index (χ2v) is 11.4. The van der Waals surface area contributed by atoms with Crippen molar-refractivity contribution in [2.24, 2.45) is 0 Å². The number of ether oxygens (including phenoxy) is 1. The zero-order valence-electron chi connectivity index (χ0n) is 25.6. The van der Waals surface area contributed by atoms with Gasteiger partial charge in [0.05, 0.1) is 19.3 Å². The standard InChI is InChI=1S/C36H48N2O3/c1-6-11-33(39)29-16-14-28(15-17-29)32-22-31(30-18-19-34(25(5)21-30)41-20-7-2)23-38(32)24-35(40)37-36-26(8-3)12-10-13-27(36)9-4/h10,12-19,21,31-33,39H,6-9,11,20,22-24H2,1-5H3,(H,37,40). The van der Waals surface area contributed by atoms with Crippen LogP contribution in [0.5, 0.6) is 5.75 Å². The number of hydrogen-bond donors (Lipinski definition) is 2. The highest BCUT2D eigenvalue weighted by molar-refractivity contribution is 5.94. The summed E-state index contributed by atoms with van der Waals surface area (Å²) in [5.74, 6) is 1.29. The van der Waals surface area contributed by atoms with Crippen LogP contribution in [0.2, 0.25) is 0 Å². The van der Waals surface area contributed by atoms with E-state index >= 15 is 0 Å². The molecule has 3 aromatic carbocycles. The molecule has 1 aliphatic heterocycles. The minimum Gasteiger partial charge on any atom is -0.493 e. The van der Waals surface area contributed by atoms with Gasteiger partial charge in [0.2, 0.25) is 5.91 Å². The van der Waals surface area contributed by atoms with E-state index in [1.165, 1.54) is 22.3 Å². The zero-order valence-corrected chi connectivity index (χ0v) is 25.6. The monoisotopic (exact) mass is 556 g/mol. The van der Waals surface area contributed by atoms with E-state index in [-0.39, 0.29) is 11.9 Å². The minimum atomic E-state index is -0.435. The quantitative estimate of drug-likeness (QED) is 0.225. The number of nitrogens with zero attached hydrogens (tertiary/aromatic N) is 1. The molecule has 3 unspecified atom stereocenters. The maximum absolute atomic E-state index is 13.5. The van der Waals surface area contributed by atoms with Crippen LogP contribution in [0.25, 0.3) is 0 Å². The van der Waals surface area contributed by atoms with E-state index in [2.05, 4.69) is 105 Å². The van der Waals surface area contributed by atoms with Crippen LogP contribution >= 0.6 is 0 Å². The Morgan fingerprint density at radius 2 is 1.66 bits per heavy atom. The first-order valence-corrected chi connectivity index (χ1v) is 15.5. The molecule has 1 fully saturated rings. The molecule has 5 nitrogen and oxygen atoms in total. The average Bonchev–Trinajstić information content (AvgIpc) is 3.40. The molecule has 0 bridgehead atoms. The van der Waals surface area contributed by atoms with Crippen LogP contribution in [0.3, 0.4) is 0 Å². The van der Waals surface area contributed by atoms with E-state index in [1.807, 2.05) is 0 Å². The first-order valence-electron chi connectivity index (χ1n) is 15.5. The maximum Gasteiger partial charge on any atom is 0.238 e. The largest absolute Gasteiger partial charge is 0.493 e. The molecule has 3 atom stereocenters. The van der Waals surface area contributed by atoms with Crippen LogP contribution in [-0.2, 0) is 17.6 Å². The number of hydrogen-bond acceptors (Lipinski definition) is 4. The molecule has 1 amide bonds. The summed E-state index contributed by atoms with van der Waals surface area (Å²) in [6.07, 6.45) is 4.95. The Morgan fingerprint density at radius 3 is 2.27 bits per heavy atom. The number of carbonyl (C=O) groups is 1. The summed E-state index contributed by atoms with van der Waals surface area (Å²) in [7, 11) is 0. The van der Waals surface area contributed by atoms with Crippen molar-refractivity contribution in [1.29, 1.82) is 0 Å². The molecule has 220 valence electrons. The topological polar surface area (TPSA) is 61.8 Å². The Balaban J connectivity index is 1.58. The maximum atomic E-state index is 13.5. The van der Waals surface area contributed by atoms with E-state index < -0.39 is 6.10 Å². The summed E-state index contributed by atoms with van der Waals surface area (Å²) >= 11 is 0. The highest BCUT2D eigenvalue weighted by atomic mass is 16.5. The van der Waals surface area contributed by atoms with E-state index in [1.54, 1.807) is 0 Å². The molecule has 3 aromatic rings. The van der Waals surface area contributed by atoms with Gasteiger partial charge in [0.15, 0.2) is 0 Å². The molecule has 0 saturated carbocycles. The fourth-order valence-electron chi connectivity index (χ4n) is 6.11. The molecule has 41 heavy (non-hydrogen) atoms. The molecule has 0 aromatic heterocycles. The lowest BCUT2D eigenvalue weighted by atomic mass is 9.92. The molecular formula is C36H48N2O3. The predicted molar refractivity (Wildman–Crippen MR) is 169 cm³/mol. The van der Waals surface area contributed by atoms with Gasteiger partial charge in [-0.25, -0.2) is 0 Å². The SMILES string of the molecule is CCCOc1ccc(C2CC(c3ccc(C(O)CCC)cc3)N(CC(=O)Nc3c(CC)cccc3CC)C2)cc1C. The Bertz CT molecular complexity index is 1260. The smallest absolute Gasteiger partial charge is 0.238 e. The Morgan fingerprint density at radius 1 is 0.976 bits per heavy atom. The summed E-state index contributed by atoms with van der Waals surface area (Å²) in [4.78, 5) is 15.9. The van der Waals surface area contributed by atoms with E-state index in [0.29, 0.717) is 12.5 Å². The van der Waals surface area contributed by atoms with Crippen LogP contribution in [-0.4, -0.2) is 35.6 Å². The van der Waals surface area contributed by atoms with Crippen molar-refractivity contribution in [3.8, 4) is 5.75 Å². The summed E-state index contributed by atoms with van der Waals surface area (Å²) in [6, 6.07) is 21.3. The Kier molecular flexibility index (Phi) is 11.0. The van der Waals surface area contributed by atoms with Gasteiger partial charge in [0, 0.05) is 18.3 Å². The lowest BCUT2D eigenvalue weighted by Crippen LogP contribution is -2.33. The van der Waals surface area contributed by atoms with Crippen LogP contribution < -0.4 is 10.1 Å². The Labute approximate surface area is 246 Å². The number of nitrogens with one attached hydrogen (secondary N) is 1. The van der Waals surface area contributed by atoms with Gasteiger partial charge in [-0.15, -0.1) is 0 Å². The molecular weight excluding hydrogens is 508 g/mol. The van der Waals surface area contributed by atoms with Crippen molar-refractivity contribution >= 4 is 11.6 Å². The minimum absolute atomic E-state index is 0.0285. The Hall–Kier alpha value is -3.15. The van der Waals surface area contributed by atoms with E-state index in [9.17, 15) is 9.90 Å². The number of amides is 1. The predicted octanol–water partition coefficient (Wildman–Crippen LogP) is 7.91. The van der Waals surface area contributed by atoms with Crippen LogP contribution in [0.4, 0.5) is 5.69 Å². The normalized spacial score (nSPS) is 17.9. The summed E-state index contributed by atoms with van der Waals surface area (Å²) < 4.78 is 5.93. The highest BCUT2D eigenvalue weighted by Crippen LogP contribution is 2.41. The lowest BCUT2D eigenvalue weighted by Gasteiger charge is -2.25. The number of likely N-dealkylation sites (tertiary alicyclic amines) is 1. The molecule has 1 aliphatic rings. The number of benzene rings is 3. The molecule has 5 heteroatoms. The van der Waals surface area contributed by atoms with Crippen molar-refractivity contribution in [3.63, 3.8) is 0 Å². The number of aliphatic hydroxyl groups is 1. The van der Waals surface area contributed by atoms with Crippen LogP contribution in [0, 0.1) is 6.92 Å². The number of anilines is 1. The lowest BCUT2D eigenvalue weighted by molar-refractivity contribution is -0.117.